The Morgan fingerprint density at radius 2 is 2.12 bits per heavy atom. The molecule has 0 N–H and O–H groups in total. The largest absolute Gasteiger partial charge is 0.308 e. The average molecular weight is 239 g/mol. The Morgan fingerprint density at radius 3 is 2.88 bits per heavy atom. The number of likely N-dealkylation sites (N-methyl/N-ethyl adjacent to an activating group) is 1. The molecule has 0 bridgehead atoms. The second-order valence-corrected chi connectivity index (χ2v) is 5.18. The van der Waals surface area contributed by atoms with E-state index in [2.05, 4.69) is 36.0 Å². The van der Waals surface area contributed by atoms with Gasteiger partial charge >= 0.3 is 0 Å². The summed E-state index contributed by atoms with van der Waals surface area (Å²) in [5.74, 6) is 0. The van der Waals surface area contributed by atoms with Crippen molar-refractivity contribution in [1.29, 1.82) is 0 Å². The Kier molecular flexibility index (Phi) is 3.85. The molecule has 1 aliphatic heterocycles. The van der Waals surface area contributed by atoms with Gasteiger partial charge in [-0.3, -0.25) is 4.90 Å². The van der Waals surface area contributed by atoms with E-state index < -0.39 is 0 Å². The number of fused-ring (bicyclic) bond motifs is 1. The van der Waals surface area contributed by atoms with Gasteiger partial charge in [0.25, 0.3) is 0 Å². The van der Waals surface area contributed by atoms with Crippen LogP contribution in [0.15, 0.2) is 18.2 Å². The molecule has 0 spiro atoms. The second kappa shape index (κ2) is 5.17. The van der Waals surface area contributed by atoms with E-state index in [-0.39, 0.29) is 0 Å². The van der Waals surface area contributed by atoms with E-state index >= 15 is 0 Å². The van der Waals surface area contributed by atoms with Crippen LogP contribution in [0.25, 0.3) is 0 Å². The monoisotopic (exact) mass is 238 g/mol. The molecule has 1 aliphatic rings. The lowest BCUT2D eigenvalue weighted by atomic mass is 10.00. The summed E-state index contributed by atoms with van der Waals surface area (Å²) in [6.07, 6.45) is 1.15. The highest BCUT2D eigenvalue weighted by atomic mass is 35.5. The number of hydrogen-bond acceptors (Lipinski definition) is 2. The molecule has 0 atom stereocenters. The Morgan fingerprint density at radius 1 is 1.31 bits per heavy atom. The number of hydrogen-bond donors (Lipinski definition) is 0. The molecule has 0 aliphatic carbocycles. The maximum Gasteiger partial charge on any atom is 0.0409 e. The predicted molar refractivity (Wildman–Crippen MR) is 69.0 cm³/mol. The SMILES string of the molecule is CN(C)CCN1CCc2ccc(Cl)cc2C1. The lowest BCUT2D eigenvalue weighted by Gasteiger charge is -2.29. The van der Waals surface area contributed by atoms with Crippen LogP contribution in [0.1, 0.15) is 11.1 Å². The van der Waals surface area contributed by atoms with Crippen LogP contribution in [-0.4, -0.2) is 43.5 Å². The van der Waals surface area contributed by atoms with E-state index in [1.54, 1.807) is 0 Å². The lowest BCUT2D eigenvalue weighted by molar-refractivity contribution is 0.225. The molecule has 2 nitrogen and oxygen atoms in total. The minimum Gasteiger partial charge on any atom is -0.308 e. The van der Waals surface area contributed by atoms with Crippen molar-refractivity contribution in [3.8, 4) is 0 Å². The molecule has 0 unspecified atom stereocenters. The van der Waals surface area contributed by atoms with E-state index in [0.29, 0.717) is 0 Å². The van der Waals surface area contributed by atoms with Crippen LogP contribution in [-0.2, 0) is 13.0 Å². The molecule has 1 heterocycles. The second-order valence-electron chi connectivity index (χ2n) is 4.74. The summed E-state index contributed by atoms with van der Waals surface area (Å²) in [7, 11) is 4.24. The highest BCUT2D eigenvalue weighted by Crippen LogP contribution is 2.22. The molecule has 16 heavy (non-hydrogen) atoms. The van der Waals surface area contributed by atoms with E-state index in [1.165, 1.54) is 17.7 Å². The molecule has 2 rings (SSSR count). The predicted octanol–water partition coefficient (Wildman–Crippen LogP) is 2.26. The molecule has 3 heteroatoms. The molecule has 1 aromatic rings. The summed E-state index contributed by atoms with van der Waals surface area (Å²) in [4.78, 5) is 4.73. The summed E-state index contributed by atoms with van der Waals surface area (Å²) >= 11 is 6.03. The zero-order valence-corrected chi connectivity index (χ0v) is 10.8. The van der Waals surface area contributed by atoms with Crippen LogP contribution in [0.5, 0.6) is 0 Å². The first-order chi connectivity index (χ1) is 7.65. The molecule has 0 radical (unpaired) electrons. The fourth-order valence-electron chi connectivity index (χ4n) is 2.12. The van der Waals surface area contributed by atoms with Crippen LogP contribution < -0.4 is 0 Å². The molecule has 1 aromatic carbocycles. The molecule has 88 valence electrons. The molecular weight excluding hydrogens is 220 g/mol. The van der Waals surface area contributed by atoms with Crippen molar-refractivity contribution in [2.45, 2.75) is 13.0 Å². The smallest absolute Gasteiger partial charge is 0.0409 e. The Balaban J connectivity index is 1.99. The van der Waals surface area contributed by atoms with Crippen LogP contribution in [0.3, 0.4) is 0 Å². The summed E-state index contributed by atoms with van der Waals surface area (Å²) in [6.45, 7) is 4.47. The van der Waals surface area contributed by atoms with Crippen LogP contribution in [0, 0.1) is 0 Å². The minimum atomic E-state index is 0.855. The number of benzene rings is 1. The maximum atomic E-state index is 6.03. The van der Waals surface area contributed by atoms with Gasteiger partial charge < -0.3 is 4.90 Å². The summed E-state index contributed by atoms with van der Waals surface area (Å²) < 4.78 is 0. The Bertz CT molecular complexity index is 363. The van der Waals surface area contributed by atoms with Crippen molar-refractivity contribution in [1.82, 2.24) is 9.80 Å². The molecule has 0 saturated carbocycles. The van der Waals surface area contributed by atoms with E-state index in [1.807, 2.05) is 6.07 Å². The number of rotatable bonds is 3. The van der Waals surface area contributed by atoms with Gasteiger partial charge in [-0.25, -0.2) is 0 Å². The van der Waals surface area contributed by atoms with E-state index in [9.17, 15) is 0 Å². The zero-order chi connectivity index (χ0) is 11.5. The first kappa shape index (κ1) is 11.9. The van der Waals surface area contributed by atoms with Gasteiger partial charge in [0.1, 0.15) is 0 Å². The van der Waals surface area contributed by atoms with E-state index in [0.717, 1.165) is 31.1 Å². The first-order valence-corrected chi connectivity index (χ1v) is 6.17. The fraction of sp³-hybridized carbons (Fsp3) is 0.538. The average Bonchev–Trinajstić information content (AvgIpc) is 2.25. The van der Waals surface area contributed by atoms with Crippen LogP contribution in [0.2, 0.25) is 5.02 Å². The van der Waals surface area contributed by atoms with Crippen molar-refractivity contribution in [2.24, 2.45) is 0 Å². The number of halogens is 1. The highest BCUT2D eigenvalue weighted by Gasteiger charge is 2.15. The van der Waals surface area contributed by atoms with Gasteiger partial charge in [0.05, 0.1) is 0 Å². The highest BCUT2D eigenvalue weighted by molar-refractivity contribution is 6.30. The lowest BCUT2D eigenvalue weighted by Crippen LogP contribution is -2.35. The van der Waals surface area contributed by atoms with Crippen molar-refractivity contribution >= 4 is 11.6 Å². The zero-order valence-electron chi connectivity index (χ0n) is 10.0. The van der Waals surface area contributed by atoms with Gasteiger partial charge in [0.15, 0.2) is 0 Å². The quantitative estimate of drug-likeness (QED) is 0.797. The van der Waals surface area contributed by atoms with Gasteiger partial charge in [-0.15, -0.1) is 0 Å². The Hall–Kier alpha value is -0.570. The summed E-state index contributed by atoms with van der Waals surface area (Å²) in [5, 5.41) is 0.855. The van der Waals surface area contributed by atoms with Gasteiger partial charge in [-0.05, 0) is 43.8 Å². The van der Waals surface area contributed by atoms with Gasteiger partial charge in [0.2, 0.25) is 0 Å². The molecular formula is C13H19ClN2. The topological polar surface area (TPSA) is 6.48 Å². The fourth-order valence-corrected chi connectivity index (χ4v) is 2.31. The maximum absolute atomic E-state index is 6.03. The summed E-state index contributed by atoms with van der Waals surface area (Å²) in [5.41, 5.74) is 2.86. The van der Waals surface area contributed by atoms with Crippen molar-refractivity contribution in [3.05, 3.63) is 34.3 Å². The van der Waals surface area contributed by atoms with Crippen molar-refractivity contribution in [2.75, 3.05) is 33.7 Å². The number of nitrogens with zero attached hydrogens (tertiary/aromatic N) is 2. The molecule has 0 saturated heterocycles. The van der Waals surface area contributed by atoms with Crippen molar-refractivity contribution < 1.29 is 0 Å². The third-order valence-electron chi connectivity index (χ3n) is 3.12. The Labute approximate surface area is 103 Å². The van der Waals surface area contributed by atoms with Crippen LogP contribution in [0.4, 0.5) is 0 Å². The van der Waals surface area contributed by atoms with Crippen molar-refractivity contribution in [3.63, 3.8) is 0 Å². The molecule has 0 amide bonds. The van der Waals surface area contributed by atoms with Gasteiger partial charge in [-0.2, -0.15) is 0 Å². The van der Waals surface area contributed by atoms with E-state index in [4.69, 9.17) is 11.6 Å². The first-order valence-electron chi connectivity index (χ1n) is 5.79. The molecule has 0 fully saturated rings. The third kappa shape index (κ3) is 2.97. The standard InChI is InChI=1S/C13H19ClN2/c1-15(2)7-8-16-6-5-11-3-4-13(14)9-12(11)10-16/h3-4,9H,5-8,10H2,1-2H3. The molecule has 0 aromatic heterocycles. The normalized spacial score (nSPS) is 16.5. The summed E-state index contributed by atoms with van der Waals surface area (Å²) in [6, 6.07) is 6.27. The third-order valence-corrected chi connectivity index (χ3v) is 3.36. The van der Waals surface area contributed by atoms with Gasteiger partial charge in [0, 0.05) is 31.2 Å². The minimum absolute atomic E-state index is 0.855. The van der Waals surface area contributed by atoms with Crippen LogP contribution >= 0.6 is 11.6 Å². The van der Waals surface area contributed by atoms with Gasteiger partial charge in [-0.1, -0.05) is 17.7 Å².